The van der Waals surface area contributed by atoms with E-state index in [2.05, 4.69) is 0 Å². The van der Waals surface area contributed by atoms with E-state index in [1.165, 1.54) is 0 Å². The summed E-state index contributed by atoms with van der Waals surface area (Å²) in [5.74, 6) is 0.384. The minimum absolute atomic E-state index is 0.182. The number of fused-ring (bicyclic) bond motifs is 1. The van der Waals surface area contributed by atoms with Crippen LogP contribution in [0.1, 0.15) is 27.0 Å². The molecule has 1 aliphatic rings. The number of benzene rings is 3. The number of ether oxygens (including phenoxy) is 3. The molecule has 0 saturated carbocycles. The molecule has 0 bridgehead atoms. The average Bonchev–Trinajstić information content (AvgIpc) is 3.09. The molecule has 0 aliphatic carbocycles. The number of halogens is 1. The fourth-order valence-corrected chi connectivity index (χ4v) is 3.39. The van der Waals surface area contributed by atoms with Crippen molar-refractivity contribution in [3.63, 3.8) is 0 Å². The van der Waals surface area contributed by atoms with Gasteiger partial charge in [0.25, 0.3) is 0 Å². The molecule has 3 aromatic rings. The van der Waals surface area contributed by atoms with E-state index in [1.54, 1.807) is 43.3 Å². The Morgan fingerprint density at radius 3 is 2.65 bits per heavy atom. The second-order valence-corrected chi connectivity index (χ2v) is 7.43. The van der Waals surface area contributed by atoms with Crippen LogP contribution in [0.25, 0.3) is 6.08 Å². The molecule has 3 aromatic carbocycles. The van der Waals surface area contributed by atoms with Crippen molar-refractivity contribution in [3.05, 3.63) is 99.8 Å². The van der Waals surface area contributed by atoms with Crippen molar-refractivity contribution in [1.29, 1.82) is 0 Å². The number of esters is 1. The Morgan fingerprint density at radius 1 is 1.06 bits per heavy atom. The highest BCUT2D eigenvalue weighted by Gasteiger charge is 2.30. The lowest BCUT2D eigenvalue weighted by Crippen LogP contribution is -2.15. The van der Waals surface area contributed by atoms with Gasteiger partial charge >= 0.3 is 5.97 Å². The van der Waals surface area contributed by atoms with Crippen LogP contribution >= 0.6 is 11.6 Å². The fraction of sp³-hybridized carbons (Fsp3) is 0.120. The van der Waals surface area contributed by atoms with Crippen LogP contribution in [0, 0.1) is 6.92 Å². The summed E-state index contributed by atoms with van der Waals surface area (Å²) in [6, 6.07) is 19.8. The van der Waals surface area contributed by atoms with Crippen molar-refractivity contribution in [3.8, 4) is 11.5 Å². The third-order valence-corrected chi connectivity index (χ3v) is 5.01. The molecule has 0 atom stereocenters. The first-order chi connectivity index (χ1) is 15.0. The number of hydrogen-bond donors (Lipinski definition) is 0. The second-order valence-electron chi connectivity index (χ2n) is 7.00. The van der Waals surface area contributed by atoms with Gasteiger partial charge in [0, 0.05) is 10.6 Å². The minimum Gasteiger partial charge on any atom is -0.481 e. The van der Waals surface area contributed by atoms with Crippen LogP contribution in [0.5, 0.6) is 11.5 Å². The molecule has 0 N–H and O–H groups in total. The van der Waals surface area contributed by atoms with E-state index in [-0.39, 0.29) is 24.8 Å². The predicted molar refractivity (Wildman–Crippen MR) is 117 cm³/mol. The number of hydrogen-bond acceptors (Lipinski definition) is 5. The summed E-state index contributed by atoms with van der Waals surface area (Å²) in [6.07, 6.45) is 1.65. The number of carbonyl (C=O) groups excluding carboxylic acids is 2. The Bertz CT molecular complexity index is 1170. The molecule has 0 aromatic heterocycles. The fourth-order valence-electron chi connectivity index (χ4n) is 3.19. The van der Waals surface area contributed by atoms with Gasteiger partial charge in [-0.05, 0) is 48.4 Å². The third-order valence-electron chi connectivity index (χ3n) is 4.77. The maximum absolute atomic E-state index is 12.7. The van der Waals surface area contributed by atoms with Crippen LogP contribution in [0.4, 0.5) is 0 Å². The summed E-state index contributed by atoms with van der Waals surface area (Å²) in [6.45, 7) is 1.71. The Kier molecular flexibility index (Phi) is 6.05. The Morgan fingerprint density at radius 2 is 1.87 bits per heavy atom. The van der Waals surface area contributed by atoms with Crippen molar-refractivity contribution < 1.29 is 23.8 Å². The number of rotatable bonds is 6. The Labute approximate surface area is 184 Å². The summed E-state index contributed by atoms with van der Waals surface area (Å²) >= 11 is 6.01. The van der Waals surface area contributed by atoms with Crippen molar-refractivity contribution in [2.24, 2.45) is 0 Å². The molecule has 0 fully saturated rings. The molecule has 0 unspecified atom stereocenters. The van der Waals surface area contributed by atoms with Crippen LogP contribution in [-0.2, 0) is 16.1 Å². The molecule has 1 aliphatic heterocycles. The third kappa shape index (κ3) is 4.78. The standard InChI is InChI=1S/C25H19ClO5/c1-16-21(29-15-23(27)30-14-17-6-3-2-4-7-17)11-10-20-24(28)22(31-25(16)20)13-18-8-5-9-19(26)12-18/h2-13H,14-15H2,1H3/b22-13-. The first kappa shape index (κ1) is 20.7. The largest absolute Gasteiger partial charge is 0.481 e. The van der Waals surface area contributed by atoms with E-state index in [1.807, 2.05) is 36.4 Å². The smallest absolute Gasteiger partial charge is 0.344 e. The van der Waals surface area contributed by atoms with E-state index < -0.39 is 5.97 Å². The van der Waals surface area contributed by atoms with E-state index in [0.717, 1.165) is 11.1 Å². The quantitative estimate of drug-likeness (QED) is 0.384. The summed E-state index contributed by atoms with van der Waals surface area (Å²) in [5, 5.41) is 0.573. The molecule has 0 spiro atoms. The summed E-state index contributed by atoms with van der Waals surface area (Å²) in [4.78, 5) is 24.7. The maximum Gasteiger partial charge on any atom is 0.344 e. The maximum atomic E-state index is 12.7. The number of allylic oxidation sites excluding steroid dienone is 1. The minimum atomic E-state index is -0.484. The van der Waals surface area contributed by atoms with Crippen LogP contribution in [-0.4, -0.2) is 18.4 Å². The van der Waals surface area contributed by atoms with Gasteiger partial charge in [0.2, 0.25) is 5.78 Å². The first-order valence-corrected chi connectivity index (χ1v) is 10.0. The van der Waals surface area contributed by atoms with E-state index in [9.17, 15) is 9.59 Å². The average molecular weight is 435 g/mol. The van der Waals surface area contributed by atoms with E-state index in [4.69, 9.17) is 25.8 Å². The molecular formula is C25H19ClO5. The van der Waals surface area contributed by atoms with Gasteiger partial charge in [0.05, 0.1) is 5.56 Å². The van der Waals surface area contributed by atoms with Gasteiger partial charge in [-0.15, -0.1) is 0 Å². The molecule has 1 heterocycles. The highest BCUT2D eigenvalue weighted by atomic mass is 35.5. The highest BCUT2D eigenvalue weighted by molar-refractivity contribution is 6.30. The van der Waals surface area contributed by atoms with Gasteiger partial charge in [-0.1, -0.05) is 54.1 Å². The van der Waals surface area contributed by atoms with Gasteiger partial charge in [-0.25, -0.2) is 4.79 Å². The lowest BCUT2D eigenvalue weighted by atomic mass is 10.1. The number of carbonyl (C=O) groups is 2. The van der Waals surface area contributed by atoms with Crippen LogP contribution in [0.15, 0.2) is 72.5 Å². The normalized spacial score (nSPS) is 13.6. The summed E-state index contributed by atoms with van der Waals surface area (Å²) in [7, 11) is 0. The zero-order chi connectivity index (χ0) is 21.8. The van der Waals surface area contributed by atoms with Gasteiger partial charge in [-0.2, -0.15) is 0 Å². The van der Waals surface area contributed by atoms with E-state index >= 15 is 0 Å². The molecule has 5 nitrogen and oxygen atoms in total. The lowest BCUT2D eigenvalue weighted by Gasteiger charge is -2.11. The van der Waals surface area contributed by atoms with Crippen LogP contribution in [0.2, 0.25) is 5.02 Å². The predicted octanol–water partition coefficient (Wildman–Crippen LogP) is 5.39. The van der Waals surface area contributed by atoms with Crippen LogP contribution in [0.3, 0.4) is 0 Å². The molecule has 156 valence electrons. The molecule has 0 radical (unpaired) electrons. The molecule has 6 heteroatoms. The molecule has 0 amide bonds. The zero-order valence-electron chi connectivity index (χ0n) is 16.8. The van der Waals surface area contributed by atoms with E-state index in [0.29, 0.717) is 27.6 Å². The Balaban J connectivity index is 1.43. The summed E-state index contributed by atoms with van der Waals surface area (Å²) < 4.78 is 16.7. The highest BCUT2D eigenvalue weighted by Crippen LogP contribution is 2.39. The van der Waals surface area contributed by atoms with Gasteiger partial charge in [-0.3, -0.25) is 4.79 Å². The Hall–Kier alpha value is -3.57. The number of Topliss-reactive ketones (excluding diaryl/α,β-unsaturated/α-hetero) is 1. The van der Waals surface area contributed by atoms with Crippen LogP contribution < -0.4 is 9.47 Å². The molecule has 31 heavy (non-hydrogen) atoms. The van der Waals surface area contributed by atoms with Crippen molar-refractivity contribution in [2.45, 2.75) is 13.5 Å². The molecular weight excluding hydrogens is 416 g/mol. The van der Waals surface area contributed by atoms with Crippen molar-refractivity contribution in [2.75, 3.05) is 6.61 Å². The number of ketones is 1. The van der Waals surface area contributed by atoms with Gasteiger partial charge in [0.15, 0.2) is 12.4 Å². The SMILES string of the molecule is Cc1c(OCC(=O)OCc2ccccc2)ccc2c1O/C(=C\c1cccc(Cl)c1)C2=O. The monoisotopic (exact) mass is 434 g/mol. The summed E-state index contributed by atoms with van der Waals surface area (Å²) in [5.41, 5.74) is 2.75. The topological polar surface area (TPSA) is 61.8 Å². The van der Waals surface area contributed by atoms with Crippen molar-refractivity contribution in [1.82, 2.24) is 0 Å². The zero-order valence-corrected chi connectivity index (χ0v) is 17.5. The lowest BCUT2D eigenvalue weighted by molar-refractivity contribution is -0.147. The first-order valence-electron chi connectivity index (χ1n) is 9.67. The second kappa shape index (κ2) is 9.06. The molecule has 4 rings (SSSR count). The van der Waals surface area contributed by atoms with Crippen molar-refractivity contribution >= 4 is 29.4 Å². The van der Waals surface area contributed by atoms with Gasteiger partial charge < -0.3 is 14.2 Å². The van der Waals surface area contributed by atoms with Gasteiger partial charge in [0.1, 0.15) is 18.1 Å². The molecule has 0 saturated heterocycles.